The van der Waals surface area contributed by atoms with Gasteiger partial charge in [0.05, 0.1) is 17.7 Å². The number of likely N-dealkylation sites (N-methyl/N-ethyl adjacent to an activating group) is 1. The molecule has 4 heteroatoms. The number of nitrogens with one attached hydrogen (secondary N) is 1. The van der Waals surface area contributed by atoms with Gasteiger partial charge in [0, 0.05) is 12.1 Å². The third kappa shape index (κ3) is 4.43. The highest BCUT2D eigenvalue weighted by atomic mass is 16.1. The van der Waals surface area contributed by atoms with Crippen molar-refractivity contribution < 1.29 is 4.79 Å². The van der Waals surface area contributed by atoms with E-state index in [-0.39, 0.29) is 11.9 Å². The number of nitriles is 1. The highest BCUT2D eigenvalue weighted by Gasteiger charge is 2.19. The monoisotopic (exact) mass is 321 g/mol. The zero-order chi connectivity index (χ0) is 17.4. The summed E-state index contributed by atoms with van der Waals surface area (Å²) in [6.45, 7) is 6.60. The molecule has 1 unspecified atom stereocenters. The first kappa shape index (κ1) is 17.7. The van der Waals surface area contributed by atoms with Crippen molar-refractivity contribution in [3.63, 3.8) is 0 Å². The second kappa shape index (κ2) is 8.85. The van der Waals surface area contributed by atoms with Crippen LogP contribution >= 0.6 is 0 Å². The molecule has 124 valence electrons. The third-order valence-corrected chi connectivity index (χ3v) is 4.15. The standard InChI is InChI=1S/C20H23N3O/c1-3-23(4-2)19(17-10-6-5-7-11-17)15-22-20(24)18-12-8-9-16(13-18)14-21/h5-13,19H,3-4,15H2,1-2H3,(H,22,24). The summed E-state index contributed by atoms with van der Waals surface area (Å²) < 4.78 is 0. The molecule has 1 atom stereocenters. The minimum Gasteiger partial charge on any atom is -0.350 e. The summed E-state index contributed by atoms with van der Waals surface area (Å²) in [6.07, 6.45) is 0. The Morgan fingerprint density at radius 2 is 1.83 bits per heavy atom. The summed E-state index contributed by atoms with van der Waals surface area (Å²) >= 11 is 0. The molecule has 0 bridgehead atoms. The number of benzene rings is 2. The van der Waals surface area contributed by atoms with Crippen molar-refractivity contribution in [2.75, 3.05) is 19.6 Å². The third-order valence-electron chi connectivity index (χ3n) is 4.15. The number of rotatable bonds is 7. The van der Waals surface area contributed by atoms with E-state index in [2.05, 4.69) is 42.3 Å². The minimum atomic E-state index is -0.153. The van der Waals surface area contributed by atoms with Crippen LogP contribution in [-0.4, -0.2) is 30.4 Å². The lowest BCUT2D eigenvalue weighted by molar-refractivity contribution is 0.0935. The molecule has 0 heterocycles. The zero-order valence-corrected chi connectivity index (χ0v) is 14.2. The van der Waals surface area contributed by atoms with Crippen LogP contribution in [0.1, 0.15) is 41.4 Å². The van der Waals surface area contributed by atoms with Crippen molar-refractivity contribution in [3.8, 4) is 6.07 Å². The minimum absolute atomic E-state index is 0.129. The van der Waals surface area contributed by atoms with Gasteiger partial charge in [0.15, 0.2) is 0 Å². The summed E-state index contributed by atoms with van der Waals surface area (Å²) in [5.74, 6) is -0.153. The summed E-state index contributed by atoms with van der Waals surface area (Å²) in [6, 6.07) is 19.2. The molecule has 2 aromatic rings. The maximum atomic E-state index is 12.4. The predicted molar refractivity (Wildman–Crippen MR) is 95.6 cm³/mol. The lowest BCUT2D eigenvalue weighted by Gasteiger charge is -2.30. The normalized spacial score (nSPS) is 11.8. The fraction of sp³-hybridized carbons (Fsp3) is 0.300. The molecule has 0 radical (unpaired) electrons. The van der Waals surface area contributed by atoms with E-state index < -0.39 is 0 Å². The van der Waals surface area contributed by atoms with Crippen molar-refractivity contribution in [3.05, 3.63) is 71.3 Å². The van der Waals surface area contributed by atoms with Gasteiger partial charge in [-0.05, 0) is 36.9 Å². The topological polar surface area (TPSA) is 56.1 Å². The maximum Gasteiger partial charge on any atom is 0.251 e. The quantitative estimate of drug-likeness (QED) is 0.850. The molecule has 24 heavy (non-hydrogen) atoms. The van der Waals surface area contributed by atoms with Gasteiger partial charge < -0.3 is 5.32 Å². The SMILES string of the molecule is CCN(CC)C(CNC(=O)c1cccc(C#N)c1)c1ccccc1. The average molecular weight is 321 g/mol. The van der Waals surface area contributed by atoms with Crippen LogP contribution in [0.2, 0.25) is 0 Å². The summed E-state index contributed by atoms with van der Waals surface area (Å²) in [7, 11) is 0. The fourth-order valence-electron chi connectivity index (χ4n) is 2.82. The summed E-state index contributed by atoms with van der Waals surface area (Å²) in [5, 5.41) is 12.0. The van der Waals surface area contributed by atoms with Crippen LogP contribution < -0.4 is 5.32 Å². The van der Waals surface area contributed by atoms with Gasteiger partial charge in [-0.2, -0.15) is 5.26 Å². The van der Waals surface area contributed by atoms with Crippen LogP contribution in [0.4, 0.5) is 0 Å². The van der Waals surface area contributed by atoms with Crippen molar-refractivity contribution in [2.24, 2.45) is 0 Å². The number of carbonyl (C=O) groups is 1. The van der Waals surface area contributed by atoms with Gasteiger partial charge in [0.25, 0.3) is 5.91 Å². The zero-order valence-electron chi connectivity index (χ0n) is 14.2. The Bertz CT molecular complexity index is 702. The molecule has 2 aromatic carbocycles. The fourth-order valence-corrected chi connectivity index (χ4v) is 2.82. The van der Waals surface area contributed by atoms with Crippen molar-refractivity contribution in [2.45, 2.75) is 19.9 Å². The van der Waals surface area contributed by atoms with Crippen molar-refractivity contribution in [1.29, 1.82) is 5.26 Å². The first-order chi connectivity index (χ1) is 11.7. The molecule has 0 aliphatic heterocycles. The molecule has 0 saturated heterocycles. The van der Waals surface area contributed by atoms with Gasteiger partial charge in [-0.1, -0.05) is 50.2 Å². The van der Waals surface area contributed by atoms with Crippen LogP contribution in [-0.2, 0) is 0 Å². The summed E-state index contributed by atoms with van der Waals surface area (Å²) in [5.41, 5.74) is 2.19. The second-order valence-corrected chi connectivity index (χ2v) is 5.55. The van der Waals surface area contributed by atoms with Crippen LogP contribution in [0.15, 0.2) is 54.6 Å². The average Bonchev–Trinajstić information content (AvgIpc) is 2.65. The summed E-state index contributed by atoms with van der Waals surface area (Å²) in [4.78, 5) is 14.7. The molecule has 2 rings (SSSR count). The van der Waals surface area contributed by atoms with Crippen LogP contribution in [0.25, 0.3) is 0 Å². The lowest BCUT2D eigenvalue weighted by atomic mass is 10.0. The Kier molecular flexibility index (Phi) is 6.53. The Labute approximate surface area is 143 Å². The number of hydrogen-bond acceptors (Lipinski definition) is 3. The van der Waals surface area contributed by atoms with E-state index in [9.17, 15) is 4.79 Å². The molecular weight excluding hydrogens is 298 g/mol. The molecule has 0 fully saturated rings. The van der Waals surface area contributed by atoms with E-state index in [1.807, 2.05) is 18.2 Å². The molecule has 1 amide bonds. The predicted octanol–water partition coefficient (Wildman–Crippen LogP) is 3.37. The molecule has 0 spiro atoms. The first-order valence-corrected chi connectivity index (χ1v) is 8.27. The van der Waals surface area contributed by atoms with Crippen LogP contribution in [0.3, 0.4) is 0 Å². The molecule has 0 aromatic heterocycles. The van der Waals surface area contributed by atoms with Gasteiger partial charge in [0.1, 0.15) is 0 Å². The molecular formula is C20H23N3O. The van der Waals surface area contributed by atoms with Crippen LogP contribution in [0, 0.1) is 11.3 Å². The van der Waals surface area contributed by atoms with E-state index >= 15 is 0 Å². The molecule has 1 N–H and O–H groups in total. The van der Waals surface area contributed by atoms with E-state index in [1.54, 1.807) is 24.3 Å². The van der Waals surface area contributed by atoms with E-state index in [4.69, 9.17) is 5.26 Å². The van der Waals surface area contributed by atoms with E-state index in [0.717, 1.165) is 13.1 Å². The molecule has 0 aliphatic carbocycles. The highest BCUT2D eigenvalue weighted by molar-refractivity contribution is 5.94. The van der Waals surface area contributed by atoms with E-state index in [0.29, 0.717) is 17.7 Å². The molecule has 0 saturated carbocycles. The molecule has 0 aliphatic rings. The Balaban J connectivity index is 2.12. The van der Waals surface area contributed by atoms with Gasteiger partial charge >= 0.3 is 0 Å². The number of hydrogen-bond donors (Lipinski definition) is 1. The Hall–Kier alpha value is -2.64. The number of nitrogens with zero attached hydrogens (tertiary/aromatic N) is 2. The largest absolute Gasteiger partial charge is 0.350 e. The van der Waals surface area contributed by atoms with Crippen molar-refractivity contribution in [1.82, 2.24) is 10.2 Å². The highest BCUT2D eigenvalue weighted by Crippen LogP contribution is 2.19. The number of carbonyl (C=O) groups excluding carboxylic acids is 1. The second-order valence-electron chi connectivity index (χ2n) is 5.55. The Morgan fingerprint density at radius 3 is 2.46 bits per heavy atom. The smallest absolute Gasteiger partial charge is 0.251 e. The lowest BCUT2D eigenvalue weighted by Crippen LogP contribution is -2.38. The maximum absolute atomic E-state index is 12.4. The molecule has 4 nitrogen and oxygen atoms in total. The van der Waals surface area contributed by atoms with Crippen LogP contribution in [0.5, 0.6) is 0 Å². The number of amides is 1. The van der Waals surface area contributed by atoms with Gasteiger partial charge in [-0.3, -0.25) is 9.69 Å². The first-order valence-electron chi connectivity index (χ1n) is 8.27. The van der Waals surface area contributed by atoms with Crippen molar-refractivity contribution >= 4 is 5.91 Å². The van der Waals surface area contributed by atoms with Gasteiger partial charge in [-0.25, -0.2) is 0 Å². The van der Waals surface area contributed by atoms with Gasteiger partial charge in [-0.15, -0.1) is 0 Å². The van der Waals surface area contributed by atoms with Gasteiger partial charge in [0.2, 0.25) is 0 Å². The Morgan fingerprint density at radius 1 is 1.12 bits per heavy atom. The van der Waals surface area contributed by atoms with E-state index in [1.165, 1.54) is 5.56 Å².